The van der Waals surface area contributed by atoms with Gasteiger partial charge >= 0.3 is 0 Å². The van der Waals surface area contributed by atoms with Crippen LogP contribution in [0.3, 0.4) is 0 Å². The summed E-state index contributed by atoms with van der Waals surface area (Å²) in [5.74, 6) is -1.66. The van der Waals surface area contributed by atoms with E-state index in [0.29, 0.717) is 22.7 Å². The molecule has 0 bridgehead atoms. The van der Waals surface area contributed by atoms with E-state index in [9.17, 15) is 19.2 Å². The average molecular weight is 616 g/mol. The van der Waals surface area contributed by atoms with Gasteiger partial charge in [-0.15, -0.1) is 0 Å². The summed E-state index contributed by atoms with van der Waals surface area (Å²) in [5, 5.41) is 5.44. The van der Waals surface area contributed by atoms with E-state index in [4.69, 9.17) is 4.99 Å². The molecule has 1 unspecified atom stereocenters. The smallest absolute Gasteiger partial charge is 0.272 e. The Morgan fingerprint density at radius 1 is 0.848 bits per heavy atom. The summed E-state index contributed by atoms with van der Waals surface area (Å²) in [6.45, 7) is 6.72. The Balaban J connectivity index is 1.35. The van der Waals surface area contributed by atoms with Crippen molar-refractivity contribution in [2.24, 2.45) is 10.4 Å². The molecule has 3 amide bonds. The summed E-state index contributed by atoms with van der Waals surface area (Å²) in [6, 6.07) is 29.2. The lowest BCUT2D eigenvalue weighted by molar-refractivity contribution is -0.131. The fraction of sp³-hybridized carbons (Fsp3) is 0.243. The number of nitrogens with zero attached hydrogens (tertiary/aromatic N) is 3. The first-order valence-electron chi connectivity index (χ1n) is 15.2. The van der Waals surface area contributed by atoms with Crippen LogP contribution in [0.5, 0.6) is 0 Å². The number of nitrogens with one attached hydrogen (secondary N) is 2. The quantitative estimate of drug-likeness (QED) is 0.282. The first-order valence-corrected chi connectivity index (χ1v) is 15.2. The molecule has 9 heteroatoms. The van der Waals surface area contributed by atoms with E-state index >= 15 is 0 Å². The summed E-state index contributed by atoms with van der Waals surface area (Å²) in [7, 11) is 0. The number of hydrogen-bond donors (Lipinski definition) is 2. The molecule has 1 aliphatic rings. The highest BCUT2D eigenvalue weighted by Crippen LogP contribution is 2.29. The maximum atomic E-state index is 14.0. The van der Waals surface area contributed by atoms with E-state index in [1.807, 2.05) is 72.8 Å². The number of carbonyl (C=O) groups is 4. The van der Waals surface area contributed by atoms with Crippen LogP contribution < -0.4 is 15.5 Å². The number of benzodiazepines with no additional fused rings is 1. The summed E-state index contributed by atoms with van der Waals surface area (Å²) in [5.41, 5.74) is 4.21. The predicted molar refractivity (Wildman–Crippen MR) is 178 cm³/mol. The molecule has 2 atom stereocenters. The Hall–Kier alpha value is -5.44. The minimum Gasteiger partial charge on any atom is -0.344 e. The summed E-state index contributed by atoms with van der Waals surface area (Å²) in [6.07, 6.45) is 0.332. The SMILES string of the molecule is C[C@H](NC(=O)Cc1ccc(-c2ccccc2)cc1)C(=O)NC1N=C(c2ccccn2)c2ccccc2N(CC(=O)C(C)(C)C)C1=O. The topological polar surface area (TPSA) is 121 Å². The molecule has 46 heavy (non-hydrogen) atoms. The summed E-state index contributed by atoms with van der Waals surface area (Å²) < 4.78 is 0. The fourth-order valence-corrected chi connectivity index (χ4v) is 5.02. The van der Waals surface area contributed by atoms with Crippen molar-refractivity contribution in [2.75, 3.05) is 11.4 Å². The number of carbonyl (C=O) groups excluding carboxylic acids is 4. The van der Waals surface area contributed by atoms with Gasteiger partial charge in [0.05, 0.1) is 30.1 Å². The number of aliphatic imine (C=N–C) groups is 1. The summed E-state index contributed by atoms with van der Waals surface area (Å²) >= 11 is 0. The van der Waals surface area contributed by atoms with E-state index < -0.39 is 29.4 Å². The Bertz CT molecular complexity index is 1760. The van der Waals surface area contributed by atoms with Gasteiger partial charge in [-0.1, -0.05) is 99.6 Å². The Morgan fingerprint density at radius 2 is 1.50 bits per heavy atom. The third-order valence-electron chi connectivity index (χ3n) is 7.73. The van der Waals surface area contributed by atoms with Crippen molar-refractivity contribution in [3.63, 3.8) is 0 Å². The highest BCUT2D eigenvalue weighted by Gasteiger charge is 2.36. The normalized spacial score (nSPS) is 15.2. The molecule has 0 radical (unpaired) electrons. The Morgan fingerprint density at radius 3 is 2.17 bits per heavy atom. The monoisotopic (exact) mass is 615 g/mol. The van der Waals surface area contributed by atoms with Crippen LogP contribution in [-0.4, -0.2) is 53.0 Å². The van der Waals surface area contributed by atoms with Gasteiger partial charge in [-0.2, -0.15) is 0 Å². The lowest BCUT2D eigenvalue weighted by Crippen LogP contribution is -2.54. The van der Waals surface area contributed by atoms with Gasteiger partial charge in [0.25, 0.3) is 5.91 Å². The number of para-hydroxylation sites is 1. The van der Waals surface area contributed by atoms with Crippen molar-refractivity contribution < 1.29 is 19.2 Å². The molecule has 2 N–H and O–H groups in total. The van der Waals surface area contributed by atoms with Crippen LogP contribution in [0, 0.1) is 5.41 Å². The zero-order valence-corrected chi connectivity index (χ0v) is 26.4. The first kappa shape index (κ1) is 32.0. The molecule has 0 saturated heterocycles. The number of aromatic nitrogens is 1. The van der Waals surface area contributed by atoms with E-state index in [0.717, 1.165) is 16.7 Å². The lowest BCUT2D eigenvalue weighted by Gasteiger charge is -2.28. The van der Waals surface area contributed by atoms with Gasteiger partial charge in [-0.3, -0.25) is 24.2 Å². The molecular formula is C37H37N5O4. The van der Waals surface area contributed by atoms with Crippen LogP contribution in [0.15, 0.2) is 108 Å². The molecule has 0 spiro atoms. The number of fused-ring (bicyclic) bond motifs is 1. The van der Waals surface area contributed by atoms with Crippen LogP contribution in [0.1, 0.15) is 44.5 Å². The highest BCUT2D eigenvalue weighted by molar-refractivity contribution is 6.20. The molecule has 1 aromatic heterocycles. The lowest BCUT2D eigenvalue weighted by atomic mass is 9.90. The van der Waals surface area contributed by atoms with Gasteiger partial charge in [0, 0.05) is 17.2 Å². The van der Waals surface area contributed by atoms with Gasteiger partial charge in [0.2, 0.25) is 18.0 Å². The number of rotatable bonds is 9. The number of pyridine rings is 1. The number of anilines is 1. The molecule has 0 aliphatic carbocycles. The number of benzene rings is 3. The maximum absolute atomic E-state index is 14.0. The van der Waals surface area contributed by atoms with Crippen molar-refractivity contribution in [3.8, 4) is 11.1 Å². The van der Waals surface area contributed by atoms with Crippen LogP contribution >= 0.6 is 0 Å². The minimum absolute atomic E-state index is 0.0784. The predicted octanol–water partition coefficient (Wildman–Crippen LogP) is 4.74. The second kappa shape index (κ2) is 13.7. The van der Waals surface area contributed by atoms with Gasteiger partial charge in [0.15, 0.2) is 5.78 Å². The third kappa shape index (κ3) is 7.43. The molecule has 234 valence electrons. The minimum atomic E-state index is -1.37. The van der Waals surface area contributed by atoms with Crippen molar-refractivity contribution in [3.05, 3.63) is 120 Å². The molecule has 5 rings (SSSR count). The number of amides is 3. The van der Waals surface area contributed by atoms with Crippen LogP contribution in [0.2, 0.25) is 0 Å². The summed E-state index contributed by atoms with van der Waals surface area (Å²) in [4.78, 5) is 64.1. The van der Waals surface area contributed by atoms with Crippen molar-refractivity contribution >= 4 is 34.9 Å². The van der Waals surface area contributed by atoms with Crippen LogP contribution in [0.4, 0.5) is 5.69 Å². The molecule has 2 heterocycles. The Labute approximate surface area is 268 Å². The van der Waals surface area contributed by atoms with E-state index in [1.165, 1.54) is 4.90 Å². The van der Waals surface area contributed by atoms with Crippen LogP contribution in [0.25, 0.3) is 11.1 Å². The molecule has 0 fully saturated rings. The first-order chi connectivity index (χ1) is 22.0. The standard InChI is InChI=1S/C37H37N5O4/c1-24(39-32(44)22-25-17-19-27(20-18-25)26-12-6-5-7-13-26)35(45)41-34-36(46)42(23-31(43)37(2,3)4)30-16-9-8-14-28(30)33(40-34)29-15-10-11-21-38-29/h5-21,24,34H,22-23H2,1-4H3,(H,39,44)(H,41,45)/t24-,34?/m0/s1. The molecule has 1 aliphatic heterocycles. The number of ketones is 1. The molecule has 9 nitrogen and oxygen atoms in total. The number of hydrogen-bond acceptors (Lipinski definition) is 6. The van der Waals surface area contributed by atoms with Gasteiger partial charge < -0.3 is 15.5 Å². The van der Waals surface area contributed by atoms with Gasteiger partial charge in [-0.05, 0) is 41.8 Å². The zero-order chi connectivity index (χ0) is 32.8. The molecule has 3 aromatic carbocycles. The zero-order valence-electron chi connectivity index (χ0n) is 26.4. The maximum Gasteiger partial charge on any atom is 0.272 e. The van der Waals surface area contributed by atoms with Crippen LogP contribution in [-0.2, 0) is 25.6 Å². The average Bonchev–Trinajstić information content (AvgIpc) is 3.16. The van der Waals surface area contributed by atoms with Crippen molar-refractivity contribution in [1.82, 2.24) is 15.6 Å². The van der Waals surface area contributed by atoms with Crippen molar-refractivity contribution in [2.45, 2.75) is 46.3 Å². The van der Waals surface area contributed by atoms with E-state index in [1.54, 1.807) is 58.2 Å². The third-order valence-corrected chi connectivity index (χ3v) is 7.73. The fourth-order valence-electron chi connectivity index (χ4n) is 5.02. The van der Waals surface area contributed by atoms with Gasteiger partial charge in [-0.25, -0.2) is 4.99 Å². The second-order valence-electron chi connectivity index (χ2n) is 12.2. The van der Waals surface area contributed by atoms with Crippen molar-refractivity contribution in [1.29, 1.82) is 0 Å². The molecule has 0 saturated carbocycles. The largest absolute Gasteiger partial charge is 0.344 e. The van der Waals surface area contributed by atoms with Gasteiger partial charge in [0.1, 0.15) is 6.04 Å². The Kier molecular flexibility index (Phi) is 9.51. The van der Waals surface area contributed by atoms with E-state index in [-0.39, 0.29) is 24.7 Å². The second-order valence-corrected chi connectivity index (χ2v) is 12.2. The molecule has 4 aromatic rings. The number of Topliss-reactive ketones (excluding diaryl/α,β-unsaturated/α-hetero) is 1. The van der Waals surface area contributed by atoms with E-state index in [2.05, 4.69) is 15.6 Å². The molecular weight excluding hydrogens is 578 g/mol. The highest BCUT2D eigenvalue weighted by atomic mass is 16.2.